The number of para-hydroxylation sites is 1. The maximum atomic E-state index is 12.0. The lowest BCUT2D eigenvalue weighted by Gasteiger charge is -2.14. The van der Waals surface area contributed by atoms with Crippen LogP contribution in [0.2, 0.25) is 0 Å². The minimum Gasteiger partial charge on any atom is -0.306 e. The van der Waals surface area contributed by atoms with Crippen LogP contribution in [-0.2, 0) is 32.5 Å². The van der Waals surface area contributed by atoms with Gasteiger partial charge in [-0.1, -0.05) is 32.0 Å². The van der Waals surface area contributed by atoms with Gasteiger partial charge in [0, 0.05) is 18.2 Å². The van der Waals surface area contributed by atoms with Gasteiger partial charge < -0.3 is 5.32 Å². The van der Waals surface area contributed by atoms with Gasteiger partial charge in [0.25, 0.3) is 4.38 Å². The topological polar surface area (TPSA) is 122 Å². The van der Waals surface area contributed by atoms with Crippen molar-refractivity contribution in [2.24, 2.45) is 5.10 Å². The first-order valence-electron chi connectivity index (χ1n) is 7.16. The number of carbonyl (C=O) groups excluding carboxylic acids is 1. The normalized spacial score (nSPS) is 11.7. The molecular weight excluding hydrogens is 354 g/mol. The number of nitrogens with one attached hydrogen (secondary N) is 2. The number of amides is 2. The number of aryl methyl sites for hydroxylation is 2. The van der Waals surface area contributed by atoms with Crippen molar-refractivity contribution in [1.82, 2.24) is 5.43 Å². The number of hydrogen-bond acceptors (Lipinski definition) is 6. The van der Waals surface area contributed by atoms with Crippen molar-refractivity contribution < 1.29 is 21.6 Å². The molecule has 0 unspecified atom stereocenters. The number of rotatable bonds is 4. The van der Waals surface area contributed by atoms with Crippen LogP contribution in [0.25, 0.3) is 0 Å². The van der Waals surface area contributed by atoms with Gasteiger partial charge in [0.05, 0.1) is 0 Å². The van der Waals surface area contributed by atoms with Crippen LogP contribution >= 0.6 is 0 Å². The number of urea groups is 1. The third-order valence-corrected chi connectivity index (χ3v) is 6.39. The average molecular weight is 375 g/mol. The van der Waals surface area contributed by atoms with Gasteiger partial charge in [0.2, 0.25) is 19.7 Å². The Hall–Kier alpha value is -1.94. The number of carbonyl (C=O) groups is 1. The van der Waals surface area contributed by atoms with Gasteiger partial charge in [0.1, 0.15) is 0 Å². The largest absolute Gasteiger partial charge is 0.339 e. The van der Waals surface area contributed by atoms with Gasteiger partial charge in [-0.3, -0.25) is 0 Å². The molecule has 1 rings (SSSR count). The van der Waals surface area contributed by atoms with E-state index in [-0.39, 0.29) is 0 Å². The molecule has 0 aliphatic heterocycles. The molecule has 8 nitrogen and oxygen atoms in total. The molecule has 0 aromatic heterocycles. The van der Waals surface area contributed by atoms with Crippen molar-refractivity contribution in [2.45, 2.75) is 26.7 Å². The van der Waals surface area contributed by atoms with E-state index in [1.807, 2.05) is 37.5 Å². The quantitative estimate of drug-likeness (QED) is 0.466. The van der Waals surface area contributed by atoms with Crippen LogP contribution in [0.3, 0.4) is 0 Å². The maximum Gasteiger partial charge on any atom is 0.339 e. The average Bonchev–Trinajstić information content (AvgIpc) is 2.44. The van der Waals surface area contributed by atoms with Gasteiger partial charge in [-0.2, -0.15) is 0 Å². The van der Waals surface area contributed by atoms with E-state index in [2.05, 4.69) is 10.4 Å². The lowest BCUT2D eigenvalue weighted by atomic mass is 10.0. The molecular formula is C14H21N3O5S2. The second kappa shape index (κ2) is 7.75. The van der Waals surface area contributed by atoms with Crippen LogP contribution in [0.4, 0.5) is 10.5 Å². The molecule has 0 heterocycles. The maximum absolute atomic E-state index is 12.0. The Morgan fingerprint density at radius 2 is 1.46 bits per heavy atom. The molecule has 24 heavy (non-hydrogen) atoms. The molecule has 1 aromatic carbocycles. The zero-order chi connectivity index (χ0) is 18.5. The highest BCUT2D eigenvalue weighted by Gasteiger charge is 2.25. The van der Waals surface area contributed by atoms with Crippen molar-refractivity contribution in [1.29, 1.82) is 0 Å². The highest BCUT2D eigenvalue weighted by Crippen LogP contribution is 2.22. The summed E-state index contributed by atoms with van der Waals surface area (Å²) in [7, 11) is -8.19. The second-order valence-electron chi connectivity index (χ2n) is 5.15. The minimum absolute atomic E-state index is 0.607. The summed E-state index contributed by atoms with van der Waals surface area (Å²) in [5, 5.41) is 5.84. The monoisotopic (exact) mass is 375 g/mol. The molecule has 134 valence electrons. The number of sulfone groups is 2. The summed E-state index contributed by atoms with van der Waals surface area (Å²) in [5.74, 6) is 0. The third-order valence-electron chi connectivity index (χ3n) is 3.12. The van der Waals surface area contributed by atoms with E-state index in [1.54, 1.807) is 0 Å². The fraction of sp³-hybridized carbons (Fsp3) is 0.429. The van der Waals surface area contributed by atoms with Gasteiger partial charge in [-0.05, 0) is 24.0 Å². The Morgan fingerprint density at radius 3 is 1.83 bits per heavy atom. The zero-order valence-corrected chi connectivity index (χ0v) is 15.6. The highest BCUT2D eigenvalue weighted by atomic mass is 32.3. The van der Waals surface area contributed by atoms with Crippen molar-refractivity contribution in [3.05, 3.63) is 29.3 Å². The molecule has 0 saturated carbocycles. The van der Waals surface area contributed by atoms with E-state index < -0.39 is 30.1 Å². The Bertz CT molecular complexity index is 802. The van der Waals surface area contributed by atoms with Crippen molar-refractivity contribution in [3.8, 4) is 0 Å². The molecule has 0 spiro atoms. The van der Waals surface area contributed by atoms with Crippen LogP contribution in [0, 0.1) is 0 Å². The van der Waals surface area contributed by atoms with Gasteiger partial charge in [0.15, 0.2) is 0 Å². The first-order chi connectivity index (χ1) is 11.0. The molecule has 2 amide bonds. The smallest absolute Gasteiger partial charge is 0.306 e. The number of anilines is 1. The number of hydrazone groups is 1. The molecule has 0 atom stereocenters. The van der Waals surface area contributed by atoms with Crippen LogP contribution in [0.5, 0.6) is 0 Å². The van der Waals surface area contributed by atoms with Crippen molar-refractivity contribution >= 4 is 35.8 Å². The molecule has 0 radical (unpaired) electrons. The molecule has 0 saturated heterocycles. The summed E-state index contributed by atoms with van der Waals surface area (Å²) >= 11 is 0. The molecule has 0 aliphatic carbocycles. The number of hydrogen-bond donors (Lipinski definition) is 2. The van der Waals surface area contributed by atoms with E-state index in [9.17, 15) is 21.6 Å². The van der Waals surface area contributed by atoms with E-state index in [4.69, 9.17) is 0 Å². The van der Waals surface area contributed by atoms with Crippen LogP contribution in [0.15, 0.2) is 23.3 Å². The van der Waals surface area contributed by atoms with Crippen molar-refractivity contribution in [3.63, 3.8) is 0 Å². The van der Waals surface area contributed by atoms with E-state index in [1.165, 1.54) is 0 Å². The first-order valence-corrected chi connectivity index (χ1v) is 10.9. The van der Waals surface area contributed by atoms with Crippen LogP contribution < -0.4 is 10.7 Å². The standard InChI is InChI=1S/C14H21N3O5S2/c1-5-10-8-7-9-11(6-2)12(10)15-13(18)16-17-14(23(3,19)20)24(4,21)22/h7-9H,5-6H2,1-4H3,(H2,15,16,18). The predicted molar refractivity (Wildman–Crippen MR) is 94.5 cm³/mol. The summed E-state index contributed by atoms with van der Waals surface area (Å²) < 4.78 is 44.8. The van der Waals surface area contributed by atoms with Gasteiger partial charge in [-0.15, -0.1) is 5.10 Å². The fourth-order valence-electron chi connectivity index (χ4n) is 2.08. The summed E-state index contributed by atoms with van der Waals surface area (Å²) in [6.07, 6.45) is 2.78. The Balaban J connectivity index is 3.09. The molecule has 0 fully saturated rings. The summed E-state index contributed by atoms with van der Waals surface area (Å²) in [6, 6.07) is 4.77. The number of benzene rings is 1. The van der Waals surface area contributed by atoms with Gasteiger partial charge >= 0.3 is 6.03 Å². The zero-order valence-electron chi connectivity index (χ0n) is 14.0. The Labute approximate surface area is 142 Å². The molecule has 0 aliphatic rings. The summed E-state index contributed by atoms with van der Waals surface area (Å²) in [5.41, 5.74) is 4.34. The van der Waals surface area contributed by atoms with E-state index >= 15 is 0 Å². The van der Waals surface area contributed by atoms with E-state index in [0.717, 1.165) is 11.1 Å². The lowest BCUT2D eigenvalue weighted by molar-refractivity contribution is 0.252. The minimum atomic E-state index is -4.10. The third kappa shape index (κ3) is 5.31. The van der Waals surface area contributed by atoms with Crippen LogP contribution in [-0.4, -0.2) is 39.8 Å². The predicted octanol–water partition coefficient (Wildman–Crippen LogP) is 1.29. The molecule has 0 bridgehead atoms. The molecule has 2 N–H and O–H groups in total. The highest BCUT2D eigenvalue weighted by molar-refractivity contribution is 8.30. The Kier molecular flexibility index (Phi) is 6.50. The Morgan fingerprint density at radius 1 is 1.00 bits per heavy atom. The molecule has 1 aromatic rings. The SMILES string of the molecule is CCc1cccc(CC)c1NC(=O)NN=C(S(C)(=O)=O)S(C)(=O)=O. The number of nitrogens with zero attached hydrogens (tertiary/aromatic N) is 1. The first kappa shape index (κ1) is 20.1. The lowest BCUT2D eigenvalue weighted by Crippen LogP contribution is -2.31. The molecule has 10 heteroatoms. The second-order valence-corrected chi connectivity index (χ2v) is 9.27. The fourth-order valence-corrected chi connectivity index (χ4v) is 4.70. The van der Waals surface area contributed by atoms with Gasteiger partial charge in [-0.25, -0.2) is 27.1 Å². The summed E-state index contributed by atoms with van der Waals surface area (Å²) in [6.45, 7) is 3.86. The van der Waals surface area contributed by atoms with E-state index in [0.29, 0.717) is 31.0 Å². The van der Waals surface area contributed by atoms with Crippen LogP contribution in [0.1, 0.15) is 25.0 Å². The summed E-state index contributed by atoms with van der Waals surface area (Å²) in [4.78, 5) is 12.0. The van der Waals surface area contributed by atoms with Crippen molar-refractivity contribution in [2.75, 3.05) is 17.8 Å².